The standard InChI is InChI=1S/C17H13ClN6O2/c1-24-22-16(21-23-24)10-25-12-3-5-13(6-4-12)26-17-9-19-15-8-11(18)2-7-14(15)20-17/h2-9H,10H2,1H3. The molecule has 2 aromatic heterocycles. The zero-order valence-electron chi connectivity index (χ0n) is 13.7. The highest BCUT2D eigenvalue weighted by atomic mass is 35.5. The lowest BCUT2D eigenvalue weighted by Gasteiger charge is -2.07. The molecule has 0 atom stereocenters. The third-order valence-corrected chi connectivity index (χ3v) is 3.68. The Kier molecular flexibility index (Phi) is 4.32. The van der Waals surface area contributed by atoms with Crippen LogP contribution in [0.4, 0.5) is 0 Å². The number of ether oxygens (including phenoxy) is 2. The number of hydrogen-bond donors (Lipinski definition) is 0. The summed E-state index contributed by atoms with van der Waals surface area (Å²) in [5, 5.41) is 12.3. The van der Waals surface area contributed by atoms with Crippen molar-refractivity contribution in [1.82, 2.24) is 30.2 Å². The van der Waals surface area contributed by atoms with Crippen molar-refractivity contribution in [3.05, 3.63) is 59.5 Å². The largest absolute Gasteiger partial charge is 0.485 e. The Hall–Kier alpha value is -3.26. The van der Waals surface area contributed by atoms with Crippen molar-refractivity contribution >= 4 is 22.6 Å². The first-order chi connectivity index (χ1) is 12.7. The van der Waals surface area contributed by atoms with Crippen molar-refractivity contribution in [2.45, 2.75) is 6.61 Å². The van der Waals surface area contributed by atoms with Gasteiger partial charge in [0.1, 0.15) is 11.5 Å². The molecule has 4 aromatic rings. The average molecular weight is 369 g/mol. The second-order valence-electron chi connectivity index (χ2n) is 5.40. The summed E-state index contributed by atoms with van der Waals surface area (Å²) in [5.41, 5.74) is 1.43. The highest BCUT2D eigenvalue weighted by Gasteiger charge is 2.05. The maximum absolute atomic E-state index is 5.95. The predicted molar refractivity (Wildman–Crippen MR) is 94.2 cm³/mol. The van der Waals surface area contributed by atoms with Gasteiger partial charge in [0.2, 0.25) is 11.7 Å². The molecule has 0 aliphatic rings. The van der Waals surface area contributed by atoms with E-state index < -0.39 is 0 Å². The van der Waals surface area contributed by atoms with E-state index in [9.17, 15) is 0 Å². The minimum Gasteiger partial charge on any atom is -0.485 e. The number of aryl methyl sites for hydroxylation is 1. The molecule has 0 spiro atoms. The van der Waals surface area contributed by atoms with E-state index in [0.717, 1.165) is 0 Å². The monoisotopic (exact) mass is 368 g/mol. The van der Waals surface area contributed by atoms with E-state index in [4.69, 9.17) is 21.1 Å². The van der Waals surface area contributed by atoms with Gasteiger partial charge < -0.3 is 9.47 Å². The van der Waals surface area contributed by atoms with Gasteiger partial charge in [-0.15, -0.1) is 10.2 Å². The molecule has 0 saturated carbocycles. The van der Waals surface area contributed by atoms with Gasteiger partial charge in [0.15, 0.2) is 6.61 Å². The van der Waals surface area contributed by atoms with Crippen molar-refractivity contribution in [2.75, 3.05) is 0 Å². The summed E-state index contributed by atoms with van der Waals surface area (Å²) in [6, 6.07) is 12.5. The van der Waals surface area contributed by atoms with Crippen LogP contribution < -0.4 is 9.47 Å². The highest BCUT2D eigenvalue weighted by Crippen LogP contribution is 2.24. The number of hydrogen-bond acceptors (Lipinski definition) is 7. The Bertz CT molecular complexity index is 1050. The Morgan fingerprint density at radius 1 is 1.04 bits per heavy atom. The van der Waals surface area contributed by atoms with E-state index in [-0.39, 0.29) is 6.61 Å². The van der Waals surface area contributed by atoms with Gasteiger partial charge in [-0.05, 0) is 47.7 Å². The van der Waals surface area contributed by atoms with Crippen molar-refractivity contribution in [1.29, 1.82) is 0 Å². The maximum Gasteiger partial charge on any atom is 0.238 e. The molecule has 9 heteroatoms. The molecule has 26 heavy (non-hydrogen) atoms. The molecule has 8 nitrogen and oxygen atoms in total. The summed E-state index contributed by atoms with van der Waals surface area (Å²) in [7, 11) is 1.70. The van der Waals surface area contributed by atoms with Gasteiger partial charge in [-0.3, -0.25) is 0 Å². The second-order valence-corrected chi connectivity index (χ2v) is 5.83. The summed E-state index contributed by atoms with van der Waals surface area (Å²) in [6.45, 7) is 0.243. The average Bonchev–Trinajstić information content (AvgIpc) is 3.07. The first kappa shape index (κ1) is 16.2. The Balaban J connectivity index is 1.42. The lowest BCUT2D eigenvalue weighted by Crippen LogP contribution is -1.99. The van der Waals surface area contributed by atoms with E-state index in [2.05, 4.69) is 25.4 Å². The zero-order valence-corrected chi connectivity index (χ0v) is 14.5. The molecule has 0 amide bonds. The number of benzene rings is 2. The second kappa shape index (κ2) is 6.93. The molecule has 0 aliphatic carbocycles. The van der Waals surface area contributed by atoms with Crippen LogP contribution in [-0.2, 0) is 13.7 Å². The van der Waals surface area contributed by atoms with Crippen LogP contribution in [-0.4, -0.2) is 30.2 Å². The molecule has 0 radical (unpaired) electrons. The number of rotatable bonds is 5. The van der Waals surface area contributed by atoms with Crippen LogP contribution in [0, 0.1) is 0 Å². The fourth-order valence-electron chi connectivity index (χ4n) is 2.27. The van der Waals surface area contributed by atoms with E-state index >= 15 is 0 Å². The number of tetrazole rings is 1. The lowest BCUT2D eigenvalue weighted by atomic mass is 10.3. The van der Waals surface area contributed by atoms with Crippen LogP contribution >= 0.6 is 11.6 Å². The Morgan fingerprint density at radius 3 is 2.62 bits per heavy atom. The Morgan fingerprint density at radius 2 is 1.85 bits per heavy atom. The Labute approximate surface area is 153 Å². The normalized spacial score (nSPS) is 10.8. The lowest BCUT2D eigenvalue weighted by molar-refractivity contribution is 0.295. The molecule has 4 rings (SSSR count). The van der Waals surface area contributed by atoms with Gasteiger partial charge in [-0.1, -0.05) is 11.6 Å². The highest BCUT2D eigenvalue weighted by molar-refractivity contribution is 6.31. The van der Waals surface area contributed by atoms with Crippen molar-refractivity contribution in [3.63, 3.8) is 0 Å². The third-order valence-electron chi connectivity index (χ3n) is 3.45. The quantitative estimate of drug-likeness (QED) is 0.534. The molecule has 2 heterocycles. The molecule has 0 bridgehead atoms. The van der Waals surface area contributed by atoms with Crippen LogP contribution in [0.1, 0.15) is 5.82 Å². The van der Waals surface area contributed by atoms with Crippen molar-refractivity contribution in [3.8, 4) is 17.4 Å². The molecule has 2 aromatic carbocycles. The van der Waals surface area contributed by atoms with Gasteiger partial charge in [0, 0.05) is 5.02 Å². The zero-order chi connectivity index (χ0) is 17.9. The molecule has 130 valence electrons. The predicted octanol–water partition coefficient (Wildman–Crippen LogP) is 3.18. The van der Waals surface area contributed by atoms with Gasteiger partial charge >= 0.3 is 0 Å². The van der Waals surface area contributed by atoms with Gasteiger partial charge in [0.25, 0.3) is 0 Å². The van der Waals surface area contributed by atoms with E-state index in [1.165, 1.54) is 4.80 Å². The fraction of sp³-hybridized carbons (Fsp3) is 0.118. The van der Waals surface area contributed by atoms with Crippen LogP contribution in [0.25, 0.3) is 11.0 Å². The van der Waals surface area contributed by atoms with E-state index in [1.54, 1.807) is 55.7 Å². The summed E-state index contributed by atoms with van der Waals surface area (Å²) in [4.78, 5) is 10.1. The summed E-state index contributed by atoms with van der Waals surface area (Å²) >= 11 is 5.95. The first-order valence-corrected chi connectivity index (χ1v) is 8.09. The van der Waals surface area contributed by atoms with Crippen LogP contribution in [0.5, 0.6) is 17.4 Å². The van der Waals surface area contributed by atoms with E-state index in [0.29, 0.717) is 39.3 Å². The molecule has 0 saturated heterocycles. The molecule has 0 unspecified atom stereocenters. The number of aromatic nitrogens is 6. The molecule has 0 fully saturated rings. The molecule has 0 N–H and O–H groups in total. The number of halogens is 1. The topological polar surface area (TPSA) is 87.8 Å². The van der Waals surface area contributed by atoms with Crippen LogP contribution in [0.2, 0.25) is 5.02 Å². The summed E-state index contributed by atoms with van der Waals surface area (Å²) in [5.74, 6) is 2.21. The fourth-order valence-corrected chi connectivity index (χ4v) is 2.44. The van der Waals surface area contributed by atoms with Crippen molar-refractivity contribution in [2.24, 2.45) is 7.05 Å². The van der Waals surface area contributed by atoms with E-state index in [1.807, 2.05) is 0 Å². The van der Waals surface area contributed by atoms with Crippen molar-refractivity contribution < 1.29 is 9.47 Å². The summed E-state index contributed by atoms with van der Waals surface area (Å²) in [6.07, 6.45) is 1.56. The number of fused-ring (bicyclic) bond motifs is 1. The smallest absolute Gasteiger partial charge is 0.238 e. The molecular weight excluding hydrogens is 356 g/mol. The van der Waals surface area contributed by atoms with Gasteiger partial charge in [-0.25, -0.2) is 9.97 Å². The van der Waals surface area contributed by atoms with Gasteiger partial charge in [0.05, 0.1) is 24.3 Å². The maximum atomic E-state index is 5.95. The summed E-state index contributed by atoms with van der Waals surface area (Å²) < 4.78 is 11.3. The minimum atomic E-state index is 0.243. The third kappa shape index (κ3) is 3.70. The van der Waals surface area contributed by atoms with Crippen LogP contribution in [0.3, 0.4) is 0 Å². The van der Waals surface area contributed by atoms with Gasteiger partial charge in [-0.2, -0.15) is 4.80 Å². The first-order valence-electron chi connectivity index (χ1n) is 7.72. The number of nitrogens with zero attached hydrogens (tertiary/aromatic N) is 6. The molecular formula is C17H13ClN6O2. The van der Waals surface area contributed by atoms with Crippen LogP contribution in [0.15, 0.2) is 48.7 Å². The minimum absolute atomic E-state index is 0.243. The molecule has 0 aliphatic heterocycles. The SMILES string of the molecule is Cn1nnc(COc2ccc(Oc3cnc4cc(Cl)ccc4n3)cc2)n1.